The molecule has 37 heavy (non-hydrogen) atoms. The van der Waals surface area contributed by atoms with Gasteiger partial charge in [0.25, 0.3) is 5.91 Å². The molecule has 1 aromatic carbocycles. The number of hydrogen-bond acceptors (Lipinski definition) is 11. The van der Waals surface area contributed by atoms with E-state index in [0.29, 0.717) is 0 Å². The minimum Gasteiger partial charge on any atom is -0.503 e. The number of hydrogen-bond donors (Lipinski definition) is 2. The number of esters is 3. The lowest BCUT2D eigenvalue weighted by molar-refractivity contribution is -0.180. The molecule has 12 heteroatoms. The Kier molecular flexibility index (Phi) is 8.88. The van der Waals surface area contributed by atoms with Crippen molar-refractivity contribution in [3.05, 3.63) is 48.3 Å². The van der Waals surface area contributed by atoms with Gasteiger partial charge in [-0.05, 0) is 19.1 Å². The lowest BCUT2D eigenvalue weighted by atomic mass is 10.1. The highest BCUT2D eigenvalue weighted by Crippen LogP contribution is 2.27. The normalized spacial score (nSPS) is 22.0. The third-order valence-electron chi connectivity index (χ3n) is 5.33. The van der Waals surface area contributed by atoms with Gasteiger partial charge in [-0.25, -0.2) is 14.6 Å². The lowest BCUT2D eigenvalue weighted by Crippen LogP contribution is -2.49. The number of carbonyl (C=O) groups is 4. The van der Waals surface area contributed by atoms with Gasteiger partial charge < -0.3 is 34.1 Å². The standard InChI is InChI=1S/C25H28N2O10/c1-13(2)23(30)37-20-14(3)35-24(31)16(27-22(29)18-19(28)17(33-4)10-11-26-18)12-34-25(32)21(20)36-15-8-6-5-7-9-15/h5-11,13-14,16,20-21,28H,12H2,1-4H3,(H,27,29)/t14-,16?,20?,21?/m0/s1. The van der Waals surface area contributed by atoms with Crippen molar-refractivity contribution in [3.63, 3.8) is 0 Å². The van der Waals surface area contributed by atoms with Crippen LogP contribution < -0.4 is 14.8 Å². The van der Waals surface area contributed by atoms with E-state index >= 15 is 0 Å². The molecule has 3 rings (SSSR count). The first kappa shape index (κ1) is 27.2. The highest BCUT2D eigenvalue weighted by Gasteiger charge is 2.44. The Bertz CT molecular complexity index is 1140. The van der Waals surface area contributed by atoms with Crippen LogP contribution in [0.1, 0.15) is 31.3 Å². The second-order valence-corrected chi connectivity index (χ2v) is 8.42. The quantitative estimate of drug-likeness (QED) is 0.404. The number of aromatic nitrogens is 1. The number of methoxy groups -OCH3 is 1. The van der Waals surface area contributed by atoms with E-state index in [-0.39, 0.29) is 11.5 Å². The number of rotatable bonds is 7. The molecule has 1 aliphatic rings. The number of aromatic hydroxyl groups is 1. The van der Waals surface area contributed by atoms with E-state index in [9.17, 15) is 24.3 Å². The molecule has 0 aliphatic carbocycles. The van der Waals surface area contributed by atoms with E-state index < -0.39 is 72.1 Å². The number of para-hydroxylation sites is 1. The molecule has 0 radical (unpaired) electrons. The summed E-state index contributed by atoms with van der Waals surface area (Å²) in [5.74, 6) is -4.31. The van der Waals surface area contributed by atoms with E-state index in [1.54, 1.807) is 44.2 Å². The van der Waals surface area contributed by atoms with Gasteiger partial charge in [0, 0.05) is 12.3 Å². The Balaban J connectivity index is 1.87. The molecule has 0 bridgehead atoms. The Hall–Kier alpha value is -4.35. The molecular formula is C25H28N2O10. The van der Waals surface area contributed by atoms with Crippen LogP contribution >= 0.6 is 0 Å². The molecule has 2 aromatic rings. The van der Waals surface area contributed by atoms with Crippen LogP contribution in [0.5, 0.6) is 17.2 Å². The van der Waals surface area contributed by atoms with Crippen LogP contribution in [0.15, 0.2) is 42.6 Å². The van der Waals surface area contributed by atoms with Crippen LogP contribution in [0.25, 0.3) is 0 Å². The average Bonchev–Trinajstić information content (AvgIpc) is 2.91. The molecule has 1 fully saturated rings. The first-order chi connectivity index (χ1) is 17.6. The van der Waals surface area contributed by atoms with Crippen molar-refractivity contribution >= 4 is 23.8 Å². The number of benzene rings is 1. The van der Waals surface area contributed by atoms with Crippen LogP contribution in [0.4, 0.5) is 0 Å². The smallest absolute Gasteiger partial charge is 0.351 e. The number of pyridine rings is 1. The summed E-state index contributed by atoms with van der Waals surface area (Å²) in [6.07, 6.45) is -2.77. The highest BCUT2D eigenvalue weighted by molar-refractivity contribution is 5.98. The van der Waals surface area contributed by atoms with E-state index in [2.05, 4.69) is 10.3 Å². The molecular weight excluding hydrogens is 488 g/mol. The van der Waals surface area contributed by atoms with Crippen molar-refractivity contribution < 1.29 is 48.0 Å². The fourth-order valence-electron chi connectivity index (χ4n) is 3.31. The second-order valence-electron chi connectivity index (χ2n) is 8.42. The second kappa shape index (κ2) is 12.1. The number of ether oxygens (including phenoxy) is 5. The van der Waals surface area contributed by atoms with Crippen LogP contribution in [0.3, 0.4) is 0 Å². The van der Waals surface area contributed by atoms with Crippen LogP contribution in [0.2, 0.25) is 0 Å². The van der Waals surface area contributed by atoms with E-state index in [1.807, 2.05) is 0 Å². The van der Waals surface area contributed by atoms with Gasteiger partial charge in [0.15, 0.2) is 29.3 Å². The SMILES string of the molecule is COc1ccnc(C(=O)NC2COC(=O)C(Oc3ccccc3)C(OC(=O)C(C)C)[C@H](C)OC2=O)c1O. The van der Waals surface area contributed by atoms with Crippen molar-refractivity contribution in [2.75, 3.05) is 13.7 Å². The number of carbonyl (C=O) groups excluding carboxylic acids is 4. The first-order valence-corrected chi connectivity index (χ1v) is 11.4. The Morgan fingerprint density at radius 2 is 1.84 bits per heavy atom. The van der Waals surface area contributed by atoms with Gasteiger partial charge in [0.1, 0.15) is 18.5 Å². The molecule has 0 saturated carbocycles. The summed E-state index contributed by atoms with van der Waals surface area (Å²) in [7, 11) is 1.30. The summed E-state index contributed by atoms with van der Waals surface area (Å²) in [5, 5.41) is 12.5. The molecule has 1 aromatic heterocycles. The highest BCUT2D eigenvalue weighted by atomic mass is 16.6. The maximum Gasteiger partial charge on any atom is 0.351 e. The minimum absolute atomic E-state index is 0.00652. The molecule has 2 heterocycles. The van der Waals surface area contributed by atoms with Gasteiger partial charge in [0.05, 0.1) is 13.0 Å². The van der Waals surface area contributed by atoms with Gasteiger partial charge in [-0.2, -0.15) is 0 Å². The lowest BCUT2D eigenvalue weighted by Gasteiger charge is -2.29. The van der Waals surface area contributed by atoms with Gasteiger partial charge in [-0.15, -0.1) is 0 Å². The molecule has 3 unspecified atom stereocenters. The van der Waals surface area contributed by atoms with Crippen LogP contribution in [-0.2, 0) is 28.6 Å². The molecule has 1 aliphatic heterocycles. The first-order valence-electron chi connectivity index (χ1n) is 11.4. The zero-order chi connectivity index (χ0) is 27.1. The summed E-state index contributed by atoms with van der Waals surface area (Å²) >= 11 is 0. The molecule has 12 nitrogen and oxygen atoms in total. The van der Waals surface area contributed by atoms with Gasteiger partial charge >= 0.3 is 17.9 Å². The third-order valence-corrected chi connectivity index (χ3v) is 5.33. The maximum absolute atomic E-state index is 13.1. The molecule has 198 valence electrons. The monoisotopic (exact) mass is 516 g/mol. The van der Waals surface area contributed by atoms with Crippen molar-refractivity contribution in [3.8, 4) is 17.2 Å². The fraction of sp³-hybridized carbons (Fsp3) is 0.400. The Morgan fingerprint density at radius 1 is 1.14 bits per heavy atom. The zero-order valence-corrected chi connectivity index (χ0v) is 20.7. The van der Waals surface area contributed by atoms with Crippen molar-refractivity contribution in [1.82, 2.24) is 10.3 Å². The Morgan fingerprint density at radius 3 is 2.49 bits per heavy atom. The van der Waals surface area contributed by atoms with E-state index in [1.165, 1.54) is 26.3 Å². The molecule has 4 atom stereocenters. The van der Waals surface area contributed by atoms with E-state index in [4.69, 9.17) is 23.7 Å². The molecule has 2 N–H and O–H groups in total. The predicted octanol–water partition coefficient (Wildman–Crippen LogP) is 1.40. The fourth-order valence-corrected chi connectivity index (χ4v) is 3.31. The average molecular weight is 517 g/mol. The minimum atomic E-state index is -1.48. The topological polar surface area (TPSA) is 160 Å². The largest absolute Gasteiger partial charge is 0.503 e. The van der Waals surface area contributed by atoms with Crippen molar-refractivity contribution in [1.29, 1.82) is 0 Å². The number of amides is 1. The van der Waals surface area contributed by atoms with Gasteiger partial charge in [0.2, 0.25) is 6.10 Å². The zero-order valence-electron chi connectivity index (χ0n) is 20.7. The molecule has 0 spiro atoms. The number of nitrogens with one attached hydrogen (secondary N) is 1. The van der Waals surface area contributed by atoms with Gasteiger partial charge in [-0.1, -0.05) is 32.0 Å². The number of nitrogens with zero attached hydrogens (tertiary/aromatic N) is 1. The van der Waals surface area contributed by atoms with Crippen LogP contribution in [0, 0.1) is 5.92 Å². The summed E-state index contributed by atoms with van der Waals surface area (Å²) in [6, 6.07) is 8.17. The summed E-state index contributed by atoms with van der Waals surface area (Å²) < 4.78 is 27.0. The van der Waals surface area contributed by atoms with Crippen molar-refractivity contribution in [2.45, 2.75) is 45.1 Å². The summed E-state index contributed by atoms with van der Waals surface area (Å²) in [4.78, 5) is 55.0. The molecule has 1 saturated heterocycles. The predicted molar refractivity (Wildman–Crippen MR) is 126 cm³/mol. The van der Waals surface area contributed by atoms with Crippen molar-refractivity contribution in [2.24, 2.45) is 5.92 Å². The number of cyclic esters (lactones) is 2. The van der Waals surface area contributed by atoms with Crippen LogP contribution in [-0.4, -0.2) is 72.0 Å². The summed E-state index contributed by atoms with van der Waals surface area (Å²) in [6.45, 7) is 4.01. The Labute approximate surface area is 212 Å². The third kappa shape index (κ3) is 6.66. The molecule has 1 amide bonds. The van der Waals surface area contributed by atoms with E-state index in [0.717, 1.165) is 0 Å². The summed E-state index contributed by atoms with van der Waals surface area (Å²) in [5.41, 5.74) is -0.416. The maximum atomic E-state index is 13.1. The van der Waals surface area contributed by atoms with Gasteiger partial charge in [-0.3, -0.25) is 9.59 Å².